The fourth-order valence-corrected chi connectivity index (χ4v) is 3.94. The second kappa shape index (κ2) is 8.70. The van der Waals surface area contributed by atoms with E-state index in [9.17, 15) is 9.18 Å². The van der Waals surface area contributed by atoms with Gasteiger partial charge in [-0.2, -0.15) is 4.98 Å². The number of piperidine rings is 1. The van der Waals surface area contributed by atoms with Gasteiger partial charge in [-0.15, -0.1) is 0 Å². The van der Waals surface area contributed by atoms with Crippen molar-refractivity contribution >= 4 is 5.91 Å². The van der Waals surface area contributed by atoms with Gasteiger partial charge in [-0.05, 0) is 43.0 Å². The first kappa shape index (κ1) is 20.0. The van der Waals surface area contributed by atoms with Crippen molar-refractivity contribution in [3.8, 4) is 22.7 Å². The Morgan fingerprint density at radius 2 is 2.06 bits per heavy atom. The number of benzene rings is 1. The molecule has 4 heterocycles. The summed E-state index contributed by atoms with van der Waals surface area (Å²) in [5, 5.41) is 7.86. The fourth-order valence-electron chi connectivity index (χ4n) is 3.94. The molecule has 1 amide bonds. The van der Waals surface area contributed by atoms with Crippen molar-refractivity contribution in [2.45, 2.75) is 19.3 Å². The van der Waals surface area contributed by atoms with Crippen molar-refractivity contribution in [3.05, 3.63) is 72.3 Å². The summed E-state index contributed by atoms with van der Waals surface area (Å²) in [6.07, 6.45) is 5.64. The van der Waals surface area contributed by atoms with E-state index in [2.05, 4.69) is 20.3 Å². The van der Waals surface area contributed by atoms with E-state index in [1.807, 2.05) is 6.07 Å². The standard InChI is InChI=1S/C23H20FN5O3/c24-18-8-2-1-7-17(18)22-26-21(32-28-22)11-15-5-4-10-29(14-15)23(30)19-12-20(31-27-19)16-6-3-9-25-13-16/h1-3,6-9,12-13,15H,4-5,10-11,14H2. The van der Waals surface area contributed by atoms with Gasteiger partial charge in [-0.25, -0.2) is 4.39 Å². The van der Waals surface area contributed by atoms with Crippen LogP contribution in [0.5, 0.6) is 0 Å². The van der Waals surface area contributed by atoms with Gasteiger partial charge in [0.15, 0.2) is 11.5 Å². The van der Waals surface area contributed by atoms with E-state index in [1.54, 1.807) is 47.6 Å². The van der Waals surface area contributed by atoms with E-state index in [1.165, 1.54) is 6.07 Å². The Bertz CT molecular complexity index is 1220. The monoisotopic (exact) mass is 433 g/mol. The van der Waals surface area contributed by atoms with E-state index in [-0.39, 0.29) is 23.3 Å². The minimum Gasteiger partial charge on any atom is -0.355 e. The minimum atomic E-state index is -0.396. The maximum Gasteiger partial charge on any atom is 0.276 e. The number of amides is 1. The zero-order valence-electron chi connectivity index (χ0n) is 17.1. The van der Waals surface area contributed by atoms with Gasteiger partial charge in [0.2, 0.25) is 11.7 Å². The predicted molar refractivity (Wildman–Crippen MR) is 112 cm³/mol. The highest BCUT2D eigenvalue weighted by Crippen LogP contribution is 2.25. The van der Waals surface area contributed by atoms with E-state index >= 15 is 0 Å². The molecule has 4 aromatic rings. The number of carbonyl (C=O) groups excluding carboxylic acids is 1. The van der Waals surface area contributed by atoms with E-state index < -0.39 is 5.82 Å². The highest BCUT2D eigenvalue weighted by Gasteiger charge is 2.28. The lowest BCUT2D eigenvalue weighted by molar-refractivity contribution is 0.0658. The lowest BCUT2D eigenvalue weighted by Crippen LogP contribution is -2.40. The van der Waals surface area contributed by atoms with Gasteiger partial charge in [0.1, 0.15) is 5.82 Å². The second-order valence-electron chi connectivity index (χ2n) is 7.77. The van der Waals surface area contributed by atoms with Crippen LogP contribution in [0.2, 0.25) is 0 Å². The first-order valence-corrected chi connectivity index (χ1v) is 10.4. The number of nitrogens with zero attached hydrogens (tertiary/aromatic N) is 5. The fraction of sp³-hybridized carbons (Fsp3) is 0.261. The van der Waals surface area contributed by atoms with Crippen molar-refractivity contribution in [1.29, 1.82) is 0 Å². The molecule has 32 heavy (non-hydrogen) atoms. The predicted octanol–water partition coefficient (Wildman–Crippen LogP) is 4.02. The van der Waals surface area contributed by atoms with Gasteiger partial charge < -0.3 is 13.9 Å². The lowest BCUT2D eigenvalue weighted by Gasteiger charge is -2.31. The van der Waals surface area contributed by atoms with Crippen LogP contribution in [0.3, 0.4) is 0 Å². The summed E-state index contributed by atoms with van der Waals surface area (Å²) >= 11 is 0. The van der Waals surface area contributed by atoms with Gasteiger partial charge >= 0.3 is 0 Å². The normalized spacial score (nSPS) is 16.3. The van der Waals surface area contributed by atoms with Crippen molar-refractivity contribution < 1.29 is 18.2 Å². The number of aromatic nitrogens is 4. The topological polar surface area (TPSA) is 98.2 Å². The maximum atomic E-state index is 14.0. The molecule has 0 bridgehead atoms. The summed E-state index contributed by atoms with van der Waals surface area (Å²) in [6.45, 7) is 1.19. The third kappa shape index (κ3) is 4.14. The van der Waals surface area contributed by atoms with Crippen molar-refractivity contribution in [1.82, 2.24) is 25.2 Å². The Kier molecular flexibility index (Phi) is 5.45. The minimum absolute atomic E-state index is 0.159. The van der Waals surface area contributed by atoms with E-state index in [0.717, 1.165) is 18.4 Å². The van der Waals surface area contributed by atoms with Crippen LogP contribution < -0.4 is 0 Å². The van der Waals surface area contributed by atoms with Crippen LogP contribution in [0, 0.1) is 11.7 Å². The first-order chi connectivity index (χ1) is 15.7. The average Bonchev–Trinajstić information content (AvgIpc) is 3.50. The maximum absolute atomic E-state index is 14.0. The molecule has 0 aliphatic carbocycles. The number of likely N-dealkylation sites (tertiary alicyclic amines) is 1. The third-order valence-electron chi connectivity index (χ3n) is 5.53. The summed E-state index contributed by atoms with van der Waals surface area (Å²) < 4.78 is 24.7. The number of halogens is 1. The number of pyridine rings is 1. The molecule has 0 radical (unpaired) electrons. The number of hydrogen-bond donors (Lipinski definition) is 0. The Morgan fingerprint density at radius 3 is 2.91 bits per heavy atom. The Morgan fingerprint density at radius 1 is 1.16 bits per heavy atom. The van der Waals surface area contributed by atoms with Crippen LogP contribution >= 0.6 is 0 Å². The van der Waals surface area contributed by atoms with Crippen LogP contribution in [-0.2, 0) is 6.42 Å². The molecule has 0 N–H and O–H groups in total. The second-order valence-corrected chi connectivity index (χ2v) is 7.77. The molecule has 1 unspecified atom stereocenters. The molecule has 0 saturated carbocycles. The lowest BCUT2D eigenvalue weighted by atomic mass is 9.94. The Hall–Kier alpha value is -3.88. The van der Waals surface area contributed by atoms with E-state index in [4.69, 9.17) is 9.05 Å². The number of carbonyl (C=O) groups is 1. The van der Waals surface area contributed by atoms with Crippen molar-refractivity contribution in [2.75, 3.05) is 13.1 Å². The quantitative estimate of drug-likeness (QED) is 0.469. The van der Waals surface area contributed by atoms with Crippen LogP contribution in [0.4, 0.5) is 4.39 Å². The number of rotatable bonds is 5. The smallest absolute Gasteiger partial charge is 0.276 e. The van der Waals surface area contributed by atoms with Crippen molar-refractivity contribution in [3.63, 3.8) is 0 Å². The molecule has 1 atom stereocenters. The zero-order valence-corrected chi connectivity index (χ0v) is 17.1. The molecule has 1 saturated heterocycles. The summed E-state index contributed by atoms with van der Waals surface area (Å²) in [7, 11) is 0. The summed E-state index contributed by atoms with van der Waals surface area (Å²) in [5.74, 6) is 0.752. The van der Waals surface area contributed by atoms with Crippen LogP contribution in [0.15, 0.2) is 63.9 Å². The molecule has 1 aromatic carbocycles. The number of hydrogen-bond acceptors (Lipinski definition) is 7. The van der Waals surface area contributed by atoms with Crippen LogP contribution in [0.25, 0.3) is 22.7 Å². The van der Waals surface area contributed by atoms with E-state index in [0.29, 0.717) is 36.7 Å². The van der Waals surface area contributed by atoms with Crippen LogP contribution in [-0.4, -0.2) is 44.2 Å². The molecule has 1 fully saturated rings. The molecule has 1 aliphatic rings. The molecule has 9 heteroatoms. The summed E-state index contributed by atoms with van der Waals surface area (Å²) in [6, 6.07) is 11.6. The SMILES string of the molecule is O=C(c1cc(-c2cccnc2)on1)N1CCCC(Cc2nc(-c3ccccc3F)no2)C1. The molecule has 1 aliphatic heterocycles. The van der Waals surface area contributed by atoms with Crippen molar-refractivity contribution in [2.24, 2.45) is 5.92 Å². The summed E-state index contributed by atoms with van der Waals surface area (Å²) in [4.78, 5) is 23.1. The van der Waals surface area contributed by atoms with Gasteiger partial charge in [0.25, 0.3) is 5.91 Å². The largest absolute Gasteiger partial charge is 0.355 e. The van der Waals surface area contributed by atoms with Gasteiger partial charge in [-0.3, -0.25) is 9.78 Å². The molecule has 3 aromatic heterocycles. The highest BCUT2D eigenvalue weighted by molar-refractivity contribution is 5.93. The third-order valence-corrected chi connectivity index (χ3v) is 5.53. The summed E-state index contributed by atoms with van der Waals surface area (Å²) in [5.41, 5.74) is 1.33. The Labute approximate surface area is 183 Å². The van der Waals surface area contributed by atoms with Gasteiger partial charge in [-0.1, -0.05) is 22.4 Å². The molecular formula is C23H20FN5O3. The molecular weight excluding hydrogens is 413 g/mol. The molecule has 0 spiro atoms. The van der Waals surface area contributed by atoms with Gasteiger partial charge in [0.05, 0.1) is 5.56 Å². The molecule has 5 rings (SSSR count). The first-order valence-electron chi connectivity index (χ1n) is 10.4. The molecule has 162 valence electrons. The molecule has 8 nitrogen and oxygen atoms in total. The Balaban J connectivity index is 1.25. The van der Waals surface area contributed by atoms with Crippen LogP contribution in [0.1, 0.15) is 29.2 Å². The highest BCUT2D eigenvalue weighted by atomic mass is 19.1. The average molecular weight is 433 g/mol. The van der Waals surface area contributed by atoms with Gasteiger partial charge in [0, 0.05) is 43.5 Å². The zero-order chi connectivity index (χ0) is 21.9.